The second-order valence-electron chi connectivity index (χ2n) is 7.00. The number of aryl methyl sites for hydroxylation is 2. The molecule has 2 aromatic heterocycles. The molecule has 0 atom stereocenters. The summed E-state index contributed by atoms with van der Waals surface area (Å²) in [5.74, 6) is -0.852. The molecule has 0 spiro atoms. The van der Waals surface area contributed by atoms with E-state index in [9.17, 15) is 18.5 Å². The summed E-state index contributed by atoms with van der Waals surface area (Å²) >= 11 is 7.01. The predicted octanol–water partition coefficient (Wildman–Crippen LogP) is 4.25. The highest BCUT2D eigenvalue weighted by Gasteiger charge is 2.20. The zero-order valence-corrected chi connectivity index (χ0v) is 20.2. The lowest BCUT2D eigenvalue weighted by atomic mass is 10.1. The number of rotatable bonds is 6. The van der Waals surface area contributed by atoms with Crippen molar-refractivity contribution in [2.45, 2.75) is 32.9 Å². The molecule has 0 saturated heterocycles. The highest BCUT2D eigenvalue weighted by atomic mass is 35.5. The molecule has 0 unspecified atom stereocenters. The molecule has 0 saturated carbocycles. The molecular formula is C21H20ClN5O3S2. The van der Waals surface area contributed by atoms with Crippen LogP contribution in [0.3, 0.4) is 0 Å². The Morgan fingerprint density at radius 2 is 2.03 bits per heavy atom. The number of anilines is 1. The molecule has 0 fully saturated rings. The van der Waals surface area contributed by atoms with E-state index in [2.05, 4.69) is 14.7 Å². The van der Waals surface area contributed by atoms with E-state index in [1.165, 1.54) is 13.0 Å². The Hall–Kier alpha value is -3.00. The minimum absolute atomic E-state index is 0.00273. The third kappa shape index (κ3) is 4.75. The van der Waals surface area contributed by atoms with Crippen molar-refractivity contribution in [1.29, 1.82) is 5.26 Å². The van der Waals surface area contributed by atoms with Gasteiger partial charge in [-0.25, -0.2) is 8.42 Å². The number of nitriles is 1. The van der Waals surface area contributed by atoms with Crippen LogP contribution in [0.2, 0.25) is 5.02 Å². The van der Waals surface area contributed by atoms with Gasteiger partial charge in [0.2, 0.25) is 15.0 Å². The summed E-state index contributed by atoms with van der Waals surface area (Å²) in [6.45, 7) is 7.20. The first-order chi connectivity index (χ1) is 15.1. The highest BCUT2D eigenvalue weighted by Crippen LogP contribution is 2.26. The van der Waals surface area contributed by atoms with E-state index in [1.807, 2.05) is 55.7 Å². The Balaban J connectivity index is 1.90. The molecular weight excluding hydrogens is 470 g/mol. The van der Waals surface area contributed by atoms with Gasteiger partial charge in [0.15, 0.2) is 0 Å². The number of amides is 1. The summed E-state index contributed by atoms with van der Waals surface area (Å²) in [6.07, 6.45) is 1.48. The minimum atomic E-state index is -3.58. The fourth-order valence-electron chi connectivity index (χ4n) is 3.04. The van der Waals surface area contributed by atoms with E-state index in [-0.39, 0.29) is 21.6 Å². The molecule has 166 valence electrons. The monoisotopic (exact) mass is 489 g/mol. The number of halogens is 1. The van der Waals surface area contributed by atoms with Gasteiger partial charge in [-0.15, -0.1) is 0 Å². The van der Waals surface area contributed by atoms with Crippen molar-refractivity contribution >= 4 is 50.1 Å². The number of carbonyl (C=O) groups excluding carboxylic acids is 1. The first-order valence-corrected chi connectivity index (χ1v) is 12.3. The largest absolute Gasteiger partial charge is 0.318 e. The summed E-state index contributed by atoms with van der Waals surface area (Å²) in [4.78, 5) is 16.4. The first kappa shape index (κ1) is 23.7. The van der Waals surface area contributed by atoms with E-state index < -0.39 is 15.7 Å². The molecule has 1 aromatic carbocycles. The number of carbonyl (C=O) groups is 1. The molecule has 0 aliphatic heterocycles. The SMILES string of the molecule is CCS(=O)(=O)c1nsc(NC(=O)/C(C#N)=C\c2cc(C)n(-c3ccc(C)c(Cl)c3)c2C)n1. The number of hydrogen-bond acceptors (Lipinski definition) is 7. The zero-order chi connectivity index (χ0) is 23.6. The lowest BCUT2D eigenvalue weighted by Crippen LogP contribution is -2.14. The smallest absolute Gasteiger partial charge is 0.268 e. The van der Waals surface area contributed by atoms with Gasteiger partial charge >= 0.3 is 0 Å². The van der Waals surface area contributed by atoms with Gasteiger partial charge in [0.05, 0.1) is 5.75 Å². The number of sulfone groups is 1. The maximum atomic E-state index is 12.6. The van der Waals surface area contributed by atoms with Crippen molar-refractivity contribution in [2.75, 3.05) is 11.1 Å². The molecule has 3 rings (SSSR count). The quantitative estimate of drug-likeness (QED) is 0.408. The van der Waals surface area contributed by atoms with Crippen molar-refractivity contribution in [1.82, 2.24) is 13.9 Å². The van der Waals surface area contributed by atoms with Crippen LogP contribution >= 0.6 is 23.1 Å². The average molecular weight is 490 g/mol. The van der Waals surface area contributed by atoms with Crippen LogP contribution in [0.1, 0.15) is 29.4 Å². The number of aromatic nitrogens is 3. The molecule has 1 amide bonds. The lowest BCUT2D eigenvalue weighted by Gasteiger charge is -2.11. The van der Waals surface area contributed by atoms with Gasteiger partial charge in [0.1, 0.15) is 11.6 Å². The maximum absolute atomic E-state index is 12.6. The van der Waals surface area contributed by atoms with Gasteiger partial charge in [-0.1, -0.05) is 24.6 Å². The summed E-state index contributed by atoms with van der Waals surface area (Å²) in [5, 5.41) is 12.3. The van der Waals surface area contributed by atoms with Gasteiger partial charge in [-0.3, -0.25) is 10.1 Å². The van der Waals surface area contributed by atoms with Crippen molar-refractivity contribution in [3.05, 3.63) is 57.4 Å². The standard InChI is InChI=1S/C21H20ClN5O3S2/c1-5-32(29,30)21-25-20(31-26-21)24-19(28)16(11-23)9-15-8-13(3)27(14(15)4)17-7-6-12(2)18(22)10-17/h6-10H,5H2,1-4H3,(H,24,25,26,28)/b16-9-. The molecule has 8 nitrogen and oxygen atoms in total. The summed E-state index contributed by atoms with van der Waals surface area (Å²) in [7, 11) is -3.58. The Labute approximate surface area is 195 Å². The van der Waals surface area contributed by atoms with Crippen LogP contribution in [-0.4, -0.2) is 34.0 Å². The Morgan fingerprint density at radius 1 is 1.31 bits per heavy atom. The van der Waals surface area contributed by atoms with Gasteiger partial charge in [-0.05, 0) is 56.2 Å². The van der Waals surface area contributed by atoms with Gasteiger partial charge < -0.3 is 4.57 Å². The Kier molecular flexibility index (Phi) is 6.83. The number of benzene rings is 1. The summed E-state index contributed by atoms with van der Waals surface area (Å²) < 4.78 is 29.5. The molecule has 0 aliphatic carbocycles. The molecule has 32 heavy (non-hydrogen) atoms. The van der Waals surface area contributed by atoms with E-state index in [0.29, 0.717) is 10.6 Å². The number of nitrogens with zero attached hydrogens (tertiary/aromatic N) is 4. The third-order valence-corrected chi connectivity index (χ3v) is 7.49. The summed E-state index contributed by atoms with van der Waals surface area (Å²) in [6, 6.07) is 9.49. The van der Waals surface area contributed by atoms with Crippen molar-refractivity contribution in [3.63, 3.8) is 0 Å². The van der Waals surface area contributed by atoms with Crippen molar-refractivity contribution in [3.8, 4) is 11.8 Å². The van der Waals surface area contributed by atoms with Gasteiger partial charge in [0, 0.05) is 33.6 Å². The predicted molar refractivity (Wildman–Crippen MR) is 125 cm³/mol. The molecule has 0 bridgehead atoms. The van der Waals surface area contributed by atoms with E-state index in [4.69, 9.17) is 11.6 Å². The first-order valence-electron chi connectivity index (χ1n) is 9.52. The molecule has 1 N–H and O–H groups in total. The summed E-state index contributed by atoms with van der Waals surface area (Å²) in [5.41, 5.74) is 4.12. The van der Waals surface area contributed by atoms with Gasteiger partial charge in [-0.2, -0.15) is 14.6 Å². The normalized spacial score (nSPS) is 11.9. The van der Waals surface area contributed by atoms with Crippen LogP contribution in [0, 0.1) is 32.1 Å². The fraction of sp³-hybridized carbons (Fsp3) is 0.238. The second-order valence-corrected chi connectivity index (χ2v) is 10.3. The molecule has 0 radical (unpaired) electrons. The van der Waals surface area contributed by atoms with E-state index in [1.54, 1.807) is 0 Å². The molecule has 0 aliphatic rings. The van der Waals surface area contributed by atoms with E-state index in [0.717, 1.165) is 34.2 Å². The van der Waals surface area contributed by atoms with Crippen LogP contribution in [0.4, 0.5) is 5.13 Å². The fourth-order valence-corrected chi connectivity index (χ4v) is 4.79. The van der Waals surface area contributed by atoms with Crippen LogP contribution in [-0.2, 0) is 14.6 Å². The molecule has 2 heterocycles. The zero-order valence-electron chi connectivity index (χ0n) is 17.8. The second kappa shape index (κ2) is 9.24. The van der Waals surface area contributed by atoms with Crippen LogP contribution in [0.15, 0.2) is 35.0 Å². The molecule has 11 heteroatoms. The van der Waals surface area contributed by atoms with Crippen LogP contribution < -0.4 is 5.32 Å². The molecule has 3 aromatic rings. The number of nitrogens with one attached hydrogen (secondary N) is 1. The topological polar surface area (TPSA) is 118 Å². The van der Waals surface area contributed by atoms with Crippen molar-refractivity contribution in [2.24, 2.45) is 0 Å². The number of hydrogen-bond donors (Lipinski definition) is 1. The van der Waals surface area contributed by atoms with Crippen LogP contribution in [0.25, 0.3) is 11.8 Å². The lowest BCUT2D eigenvalue weighted by molar-refractivity contribution is -0.112. The van der Waals surface area contributed by atoms with E-state index >= 15 is 0 Å². The highest BCUT2D eigenvalue weighted by molar-refractivity contribution is 7.91. The van der Waals surface area contributed by atoms with Crippen LogP contribution in [0.5, 0.6) is 0 Å². The van der Waals surface area contributed by atoms with Gasteiger partial charge in [0.25, 0.3) is 11.1 Å². The Bertz CT molecular complexity index is 1380. The Morgan fingerprint density at radius 3 is 2.66 bits per heavy atom. The maximum Gasteiger partial charge on any atom is 0.268 e. The minimum Gasteiger partial charge on any atom is -0.318 e. The average Bonchev–Trinajstić information content (AvgIpc) is 3.33. The van der Waals surface area contributed by atoms with Crippen molar-refractivity contribution < 1.29 is 13.2 Å². The third-order valence-electron chi connectivity index (χ3n) is 4.83.